The summed E-state index contributed by atoms with van der Waals surface area (Å²) in [6.45, 7) is 5.42. The van der Waals surface area contributed by atoms with E-state index in [1.807, 2.05) is 6.92 Å². The van der Waals surface area contributed by atoms with Crippen LogP contribution in [0, 0.1) is 0 Å². The molecule has 19 heavy (non-hydrogen) atoms. The molecule has 106 valence electrons. The lowest BCUT2D eigenvalue weighted by Gasteiger charge is -2.23. The lowest BCUT2D eigenvalue weighted by atomic mass is 10.0. The first-order chi connectivity index (χ1) is 8.75. The molecule has 1 atom stereocenters. The van der Waals surface area contributed by atoms with Crippen molar-refractivity contribution in [3.05, 3.63) is 11.1 Å². The van der Waals surface area contributed by atoms with Gasteiger partial charge >= 0.3 is 12.0 Å². The molecule has 1 fully saturated rings. The van der Waals surface area contributed by atoms with Gasteiger partial charge in [-0.1, -0.05) is 0 Å². The summed E-state index contributed by atoms with van der Waals surface area (Å²) in [5.74, 6) is -1.91. The van der Waals surface area contributed by atoms with Gasteiger partial charge in [-0.25, -0.2) is 9.59 Å². The van der Waals surface area contributed by atoms with E-state index in [2.05, 4.69) is 10.6 Å². The Morgan fingerprint density at radius 2 is 1.84 bits per heavy atom. The highest BCUT2D eigenvalue weighted by Crippen LogP contribution is 2.17. The SMILES string of the molecule is CC(C(=O)O)=C(C)C(=O)NC(=O)NC1(C)CCOC1. The molecule has 0 radical (unpaired) electrons. The minimum Gasteiger partial charge on any atom is -0.478 e. The van der Waals surface area contributed by atoms with E-state index >= 15 is 0 Å². The minimum absolute atomic E-state index is 0.00419. The smallest absolute Gasteiger partial charge is 0.331 e. The highest BCUT2D eigenvalue weighted by molar-refractivity contribution is 6.07. The van der Waals surface area contributed by atoms with E-state index in [0.29, 0.717) is 19.6 Å². The van der Waals surface area contributed by atoms with Crippen molar-refractivity contribution in [3.8, 4) is 0 Å². The van der Waals surface area contributed by atoms with E-state index in [9.17, 15) is 14.4 Å². The van der Waals surface area contributed by atoms with E-state index < -0.39 is 23.4 Å². The number of ether oxygens (including phenoxy) is 1. The Hall–Kier alpha value is -1.89. The fourth-order valence-electron chi connectivity index (χ4n) is 1.60. The van der Waals surface area contributed by atoms with E-state index in [1.165, 1.54) is 13.8 Å². The number of carboxylic acids is 1. The molecule has 1 unspecified atom stereocenters. The molecule has 0 spiro atoms. The van der Waals surface area contributed by atoms with Gasteiger partial charge in [0.1, 0.15) is 0 Å². The molecule has 0 aromatic rings. The molecule has 3 amide bonds. The number of hydrogen-bond acceptors (Lipinski definition) is 4. The number of imide groups is 1. The van der Waals surface area contributed by atoms with Crippen LogP contribution >= 0.6 is 0 Å². The first-order valence-corrected chi connectivity index (χ1v) is 5.87. The molecule has 0 saturated carbocycles. The number of amides is 3. The van der Waals surface area contributed by atoms with Gasteiger partial charge in [0.15, 0.2) is 0 Å². The van der Waals surface area contributed by atoms with Crippen LogP contribution in [0.25, 0.3) is 0 Å². The van der Waals surface area contributed by atoms with Crippen LogP contribution in [0.5, 0.6) is 0 Å². The lowest BCUT2D eigenvalue weighted by Crippen LogP contribution is -2.52. The van der Waals surface area contributed by atoms with Crippen molar-refractivity contribution in [2.75, 3.05) is 13.2 Å². The molecule has 0 aliphatic carbocycles. The lowest BCUT2D eigenvalue weighted by molar-refractivity contribution is -0.133. The van der Waals surface area contributed by atoms with Crippen molar-refractivity contribution in [1.82, 2.24) is 10.6 Å². The number of carbonyl (C=O) groups is 3. The molecule has 0 aromatic heterocycles. The highest BCUT2D eigenvalue weighted by atomic mass is 16.5. The fraction of sp³-hybridized carbons (Fsp3) is 0.583. The number of urea groups is 1. The molecule has 1 aliphatic rings. The number of carbonyl (C=O) groups excluding carboxylic acids is 2. The second kappa shape index (κ2) is 5.83. The summed E-state index contributed by atoms with van der Waals surface area (Å²) < 4.78 is 5.17. The third-order valence-electron chi connectivity index (χ3n) is 3.09. The van der Waals surface area contributed by atoms with E-state index in [4.69, 9.17) is 9.84 Å². The molecule has 7 nitrogen and oxygen atoms in total. The molecule has 1 rings (SSSR count). The van der Waals surface area contributed by atoms with Gasteiger partial charge < -0.3 is 15.2 Å². The van der Waals surface area contributed by atoms with Crippen molar-refractivity contribution in [2.45, 2.75) is 32.7 Å². The Morgan fingerprint density at radius 1 is 1.21 bits per heavy atom. The van der Waals surface area contributed by atoms with Crippen LogP contribution in [0.1, 0.15) is 27.2 Å². The van der Waals surface area contributed by atoms with Crippen molar-refractivity contribution < 1.29 is 24.2 Å². The van der Waals surface area contributed by atoms with Crippen LogP contribution in [-0.2, 0) is 14.3 Å². The average Bonchev–Trinajstić information content (AvgIpc) is 2.72. The zero-order valence-electron chi connectivity index (χ0n) is 11.2. The molecule has 1 saturated heterocycles. The number of carboxylic acid groups (broad SMARTS) is 1. The Balaban J connectivity index is 2.60. The van der Waals surface area contributed by atoms with E-state index in [1.54, 1.807) is 0 Å². The summed E-state index contributed by atoms with van der Waals surface area (Å²) in [5, 5.41) is 13.5. The summed E-state index contributed by atoms with van der Waals surface area (Å²) in [5.41, 5.74) is -0.597. The molecular formula is C12H18N2O5. The van der Waals surface area contributed by atoms with Crippen molar-refractivity contribution in [2.24, 2.45) is 0 Å². The van der Waals surface area contributed by atoms with Gasteiger partial charge in [0, 0.05) is 17.8 Å². The average molecular weight is 270 g/mol. The van der Waals surface area contributed by atoms with Crippen LogP contribution in [0.2, 0.25) is 0 Å². The summed E-state index contributed by atoms with van der Waals surface area (Å²) in [4.78, 5) is 34.0. The number of rotatable bonds is 3. The number of hydrogen-bond donors (Lipinski definition) is 3. The highest BCUT2D eigenvalue weighted by Gasteiger charge is 2.31. The van der Waals surface area contributed by atoms with Gasteiger partial charge in [-0.15, -0.1) is 0 Å². The maximum absolute atomic E-state index is 11.7. The Kier molecular flexibility index (Phi) is 4.66. The third kappa shape index (κ3) is 4.06. The van der Waals surface area contributed by atoms with Crippen molar-refractivity contribution in [1.29, 1.82) is 0 Å². The van der Waals surface area contributed by atoms with Gasteiger partial charge in [0.05, 0.1) is 12.1 Å². The minimum atomic E-state index is -1.19. The maximum Gasteiger partial charge on any atom is 0.331 e. The van der Waals surface area contributed by atoms with Crippen molar-refractivity contribution >= 4 is 17.9 Å². The predicted octanol–water partition coefficient (Wildman–Crippen LogP) is 0.412. The van der Waals surface area contributed by atoms with Crippen LogP contribution in [-0.4, -0.2) is 41.8 Å². The van der Waals surface area contributed by atoms with Crippen LogP contribution in [0.4, 0.5) is 4.79 Å². The number of aliphatic carboxylic acids is 1. The normalized spacial score (nSPS) is 23.5. The van der Waals surface area contributed by atoms with E-state index in [-0.39, 0.29) is 11.1 Å². The topological polar surface area (TPSA) is 105 Å². The first kappa shape index (κ1) is 15.2. The summed E-state index contributed by atoms with van der Waals surface area (Å²) in [6, 6.07) is -0.657. The third-order valence-corrected chi connectivity index (χ3v) is 3.09. The predicted molar refractivity (Wildman–Crippen MR) is 66.5 cm³/mol. The molecule has 7 heteroatoms. The molecular weight excluding hydrogens is 252 g/mol. The quantitative estimate of drug-likeness (QED) is 0.644. The summed E-state index contributed by atoms with van der Waals surface area (Å²) in [7, 11) is 0. The Bertz CT molecular complexity index is 435. The monoisotopic (exact) mass is 270 g/mol. The van der Waals surface area contributed by atoms with Gasteiger partial charge in [0.2, 0.25) is 0 Å². The molecule has 0 aromatic carbocycles. The maximum atomic E-state index is 11.7. The largest absolute Gasteiger partial charge is 0.478 e. The van der Waals surface area contributed by atoms with Crippen molar-refractivity contribution in [3.63, 3.8) is 0 Å². The molecule has 0 bridgehead atoms. The van der Waals surface area contributed by atoms with E-state index in [0.717, 1.165) is 0 Å². The second-order valence-electron chi connectivity index (χ2n) is 4.83. The van der Waals surface area contributed by atoms with Gasteiger partial charge in [-0.3, -0.25) is 10.1 Å². The number of nitrogens with one attached hydrogen (secondary N) is 2. The fourth-order valence-corrected chi connectivity index (χ4v) is 1.60. The van der Waals surface area contributed by atoms with Crippen LogP contribution < -0.4 is 10.6 Å². The summed E-state index contributed by atoms with van der Waals surface area (Å²) >= 11 is 0. The molecule has 1 heterocycles. The van der Waals surface area contributed by atoms with Crippen LogP contribution in [0.15, 0.2) is 11.1 Å². The zero-order valence-corrected chi connectivity index (χ0v) is 11.2. The Labute approximate surface area is 111 Å². The van der Waals surface area contributed by atoms with Crippen LogP contribution in [0.3, 0.4) is 0 Å². The Morgan fingerprint density at radius 3 is 2.32 bits per heavy atom. The molecule has 3 N–H and O–H groups in total. The second-order valence-corrected chi connectivity index (χ2v) is 4.83. The van der Waals surface area contributed by atoms with Gasteiger partial charge in [0.25, 0.3) is 5.91 Å². The zero-order chi connectivity index (χ0) is 14.6. The van der Waals surface area contributed by atoms with Gasteiger partial charge in [-0.2, -0.15) is 0 Å². The first-order valence-electron chi connectivity index (χ1n) is 5.87. The molecule has 1 aliphatic heterocycles. The van der Waals surface area contributed by atoms with Gasteiger partial charge in [-0.05, 0) is 27.2 Å². The summed E-state index contributed by atoms with van der Waals surface area (Å²) in [6.07, 6.45) is 0.664. The standard InChI is InChI=1S/C12H18N2O5/c1-7(8(2)10(16)17)9(15)13-11(18)14-12(3)4-5-19-6-12/h4-6H2,1-3H3,(H,16,17)(H2,13,14,15,18).